The first-order valence-electron chi connectivity index (χ1n) is 8.36. The molecular weight excluding hydrogens is 388 g/mol. The fourth-order valence-corrected chi connectivity index (χ4v) is 3.22. The van der Waals surface area contributed by atoms with Crippen molar-refractivity contribution in [3.05, 3.63) is 87.3 Å². The van der Waals surface area contributed by atoms with Crippen molar-refractivity contribution in [2.75, 3.05) is 0 Å². The van der Waals surface area contributed by atoms with Gasteiger partial charge in [0.1, 0.15) is 11.4 Å². The quantitative estimate of drug-likeness (QED) is 0.534. The third-order valence-corrected chi connectivity index (χ3v) is 4.44. The Kier molecular flexibility index (Phi) is 4.39. The molecule has 2 aromatic heterocycles. The van der Waals surface area contributed by atoms with Crippen molar-refractivity contribution in [1.29, 1.82) is 0 Å². The van der Waals surface area contributed by atoms with Gasteiger partial charge >= 0.3 is 6.11 Å². The normalized spacial score (nSPS) is 11.7. The van der Waals surface area contributed by atoms with Gasteiger partial charge in [-0.1, -0.05) is 35.9 Å². The van der Waals surface area contributed by atoms with Crippen molar-refractivity contribution in [3.8, 4) is 11.4 Å². The van der Waals surface area contributed by atoms with E-state index in [-0.39, 0.29) is 16.8 Å². The van der Waals surface area contributed by atoms with E-state index >= 15 is 0 Å². The van der Waals surface area contributed by atoms with Crippen LogP contribution in [-0.4, -0.2) is 14.8 Å². The molecule has 0 aliphatic rings. The molecule has 4 aromatic rings. The van der Waals surface area contributed by atoms with E-state index in [2.05, 4.69) is 10.1 Å². The van der Waals surface area contributed by atoms with Gasteiger partial charge in [-0.15, -0.1) is 0 Å². The van der Waals surface area contributed by atoms with Crippen LogP contribution >= 0.6 is 11.6 Å². The summed E-state index contributed by atoms with van der Waals surface area (Å²) < 4.78 is 36.2. The maximum atomic E-state index is 15.0. The topological polar surface area (TPSA) is 59.9 Å². The molecule has 2 heterocycles. The van der Waals surface area contributed by atoms with E-state index in [4.69, 9.17) is 16.3 Å². The SMILES string of the molecule is Cc1nn(-c2cccc(Cl)c2)c2[nH]c(=O)cc(C(F)(F)Oc3ccccc3)c12. The largest absolute Gasteiger partial charge is 0.429 e. The monoisotopic (exact) mass is 401 g/mol. The summed E-state index contributed by atoms with van der Waals surface area (Å²) in [6.45, 7) is 1.59. The third kappa shape index (κ3) is 3.25. The van der Waals surface area contributed by atoms with Gasteiger partial charge < -0.3 is 9.72 Å². The summed E-state index contributed by atoms with van der Waals surface area (Å²) in [5.74, 6) is -0.0131. The van der Waals surface area contributed by atoms with Gasteiger partial charge in [-0.25, -0.2) is 4.68 Å². The highest BCUT2D eigenvalue weighted by Gasteiger charge is 2.38. The number of alkyl halides is 2. The lowest BCUT2D eigenvalue weighted by Crippen LogP contribution is -2.25. The van der Waals surface area contributed by atoms with Crippen LogP contribution in [-0.2, 0) is 6.11 Å². The van der Waals surface area contributed by atoms with Crippen LogP contribution in [0.1, 0.15) is 11.3 Å². The van der Waals surface area contributed by atoms with Gasteiger partial charge in [0.15, 0.2) is 0 Å². The molecule has 0 bridgehead atoms. The molecule has 8 heteroatoms. The van der Waals surface area contributed by atoms with Crippen LogP contribution in [0.2, 0.25) is 5.02 Å². The number of benzene rings is 2. The van der Waals surface area contributed by atoms with Crippen molar-refractivity contribution < 1.29 is 13.5 Å². The summed E-state index contributed by atoms with van der Waals surface area (Å²) in [4.78, 5) is 14.7. The molecule has 0 radical (unpaired) electrons. The molecule has 0 amide bonds. The summed E-state index contributed by atoms with van der Waals surface area (Å²) >= 11 is 6.03. The molecule has 0 atom stereocenters. The summed E-state index contributed by atoms with van der Waals surface area (Å²) in [6, 6.07) is 15.2. The fourth-order valence-electron chi connectivity index (χ4n) is 3.04. The average molecular weight is 402 g/mol. The van der Waals surface area contributed by atoms with Crippen molar-refractivity contribution in [2.24, 2.45) is 0 Å². The second-order valence-electron chi connectivity index (χ2n) is 6.18. The first-order valence-corrected chi connectivity index (χ1v) is 8.74. The molecule has 0 unspecified atom stereocenters. The van der Waals surface area contributed by atoms with Crippen LogP contribution in [0, 0.1) is 6.92 Å². The van der Waals surface area contributed by atoms with Crippen molar-refractivity contribution >= 4 is 22.6 Å². The highest BCUT2D eigenvalue weighted by molar-refractivity contribution is 6.30. The van der Waals surface area contributed by atoms with Crippen LogP contribution < -0.4 is 10.3 Å². The Balaban J connectivity index is 1.92. The number of nitrogens with one attached hydrogen (secondary N) is 1. The Bertz CT molecular complexity index is 1220. The number of rotatable bonds is 4. The van der Waals surface area contributed by atoms with E-state index in [0.29, 0.717) is 16.4 Å². The van der Waals surface area contributed by atoms with Gasteiger partial charge in [-0.05, 0) is 37.3 Å². The zero-order chi connectivity index (χ0) is 19.9. The second-order valence-corrected chi connectivity index (χ2v) is 6.62. The highest BCUT2D eigenvalue weighted by atomic mass is 35.5. The summed E-state index contributed by atoms with van der Waals surface area (Å²) in [6.07, 6.45) is -3.74. The lowest BCUT2D eigenvalue weighted by molar-refractivity contribution is -0.184. The molecule has 28 heavy (non-hydrogen) atoms. The van der Waals surface area contributed by atoms with Gasteiger partial charge in [0.05, 0.1) is 22.3 Å². The lowest BCUT2D eigenvalue weighted by atomic mass is 10.1. The number of hydrogen-bond donors (Lipinski definition) is 1. The molecule has 0 aliphatic heterocycles. The lowest BCUT2D eigenvalue weighted by Gasteiger charge is -2.19. The Morgan fingerprint density at radius 2 is 1.86 bits per heavy atom. The Labute approximate surface area is 163 Å². The average Bonchev–Trinajstić information content (AvgIpc) is 2.98. The van der Waals surface area contributed by atoms with Crippen LogP contribution in [0.3, 0.4) is 0 Å². The number of aromatic nitrogens is 3. The molecule has 5 nitrogen and oxygen atoms in total. The van der Waals surface area contributed by atoms with E-state index in [9.17, 15) is 13.6 Å². The minimum Gasteiger partial charge on any atom is -0.429 e. The molecule has 0 fully saturated rings. The number of pyridine rings is 1. The van der Waals surface area contributed by atoms with Crippen LogP contribution in [0.15, 0.2) is 65.5 Å². The zero-order valence-corrected chi connectivity index (χ0v) is 15.4. The Morgan fingerprint density at radius 3 is 2.57 bits per heavy atom. The summed E-state index contributed by atoms with van der Waals surface area (Å²) in [7, 11) is 0. The molecule has 0 saturated heterocycles. The molecule has 2 aromatic carbocycles. The van der Waals surface area contributed by atoms with Crippen molar-refractivity contribution in [1.82, 2.24) is 14.8 Å². The van der Waals surface area contributed by atoms with Gasteiger partial charge in [-0.3, -0.25) is 4.79 Å². The number of nitrogens with zero attached hydrogens (tertiary/aromatic N) is 2. The number of aromatic amines is 1. The minimum atomic E-state index is -3.74. The minimum absolute atomic E-state index is 0.0131. The molecule has 4 rings (SSSR count). The van der Waals surface area contributed by atoms with E-state index < -0.39 is 17.2 Å². The van der Waals surface area contributed by atoms with E-state index in [1.54, 1.807) is 49.4 Å². The number of ether oxygens (including phenoxy) is 1. The van der Waals surface area contributed by atoms with Gasteiger partial charge in [0.2, 0.25) is 5.56 Å². The highest BCUT2D eigenvalue weighted by Crippen LogP contribution is 2.36. The Morgan fingerprint density at radius 1 is 1.11 bits per heavy atom. The van der Waals surface area contributed by atoms with E-state index in [1.165, 1.54) is 16.8 Å². The number of H-pyrrole nitrogens is 1. The fraction of sp³-hybridized carbons (Fsp3) is 0.100. The maximum absolute atomic E-state index is 15.0. The van der Waals surface area contributed by atoms with Gasteiger partial charge in [0, 0.05) is 11.1 Å². The number of aryl methyl sites for hydroxylation is 1. The molecule has 0 saturated carbocycles. The van der Waals surface area contributed by atoms with Gasteiger partial charge in [-0.2, -0.15) is 13.9 Å². The van der Waals surface area contributed by atoms with Crippen molar-refractivity contribution in [3.63, 3.8) is 0 Å². The molecular formula is C20H14ClF2N3O2. The first-order chi connectivity index (χ1) is 13.3. The van der Waals surface area contributed by atoms with Crippen molar-refractivity contribution in [2.45, 2.75) is 13.0 Å². The second kappa shape index (κ2) is 6.76. The number of fused-ring (bicyclic) bond motifs is 1. The van der Waals surface area contributed by atoms with E-state index in [0.717, 1.165) is 6.07 Å². The molecule has 0 spiro atoms. The third-order valence-electron chi connectivity index (χ3n) is 4.20. The molecule has 1 N–H and O–H groups in total. The van der Waals surface area contributed by atoms with E-state index in [1.807, 2.05) is 0 Å². The summed E-state index contributed by atoms with van der Waals surface area (Å²) in [5, 5.41) is 4.89. The summed E-state index contributed by atoms with van der Waals surface area (Å²) in [5.41, 5.74) is -0.259. The standard InChI is InChI=1S/C20H14ClF2N3O2/c1-12-18-16(20(22,23)28-15-8-3-2-4-9-15)11-17(27)24-19(18)26(25-12)14-7-5-6-13(21)10-14/h2-11H,1H3,(H,24,27). The van der Waals surface area contributed by atoms with Gasteiger partial charge in [0.25, 0.3) is 0 Å². The first kappa shape index (κ1) is 18.2. The smallest absolute Gasteiger partial charge is 0.427 e. The maximum Gasteiger partial charge on any atom is 0.427 e. The number of hydrogen-bond acceptors (Lipinski definition) is 3. The van der Waals surface area contributed by atoms with Crippen LogP contribution in [0.5, 0.6) is 5.75 Å². The number of para-hydroxylation sites is 1. The Hall–Kier alpha value is -3.19. The number of halogens is 3. The predicted molar refractivity (Wildman–Crippen MR) is 102 cm³/mol. The zero-order valence-electron chi connectivity index (χ0n) is 14.6. The predicted octanol–water partition coefficient (Wildman–Crippen LogP) is 4.80. The molecule has 0 aliphatic carbocycles. The van der Waals surface area contributed by atoms with Crippen LogP contribution in [0.4, 0.5) is 8.78 Å². The molecule has 142 valence electrons. The van der Waals surface area contributed by atoms with Crippen LogP contribution in [0.25, 0.3) is 16.7 Å².